The van der Waals surface area contributed by atoms with E-state index in [1.807, 2.05) is 0 Å². The van der Waals surface area contributed by atoms with Crippen molar-refractivity contribution < 1.29 is 8.78 Å². The Balaban J connectivity index is 2.53. The van der Waals surface area contributed by atoms with Gasteiger partial charge in [0.05, 0.1) is 0 Å². The van der Waals surface area contributed by atoms with Crippen molar-refractivity contribution in [2.75, 3.05) is 0 Å². The fourth-order valence-corrected chi connectivity index (χ4v) is 0.906. The summed E-state index contributed by atoms with van der Waals surface area (Å²) in [5, 5.41) is 0. The van der Waals surface area contributed by atoms with E-state index in [1.54, 1.807) is 0 Å². The van der Waals surface area contributed by atoms with E-state index < -0.39 is 12.0 Å². The van der Waals surface area contributed by atoms with Gasteiger partial charge in [0.2, 0.25) is 5.95 Å². The Bertz CT molecular complexity index is 392. The van der Waals surface area contributed by atoms with Gasteiger partial charge in [-0.3, -0.25) is 4.57 Å². The molecule has 0 saturated carbocycles. The van der Waals surface area contributed by atoms with Crippen molar-refractivity contribution >= 4 is 0 Å². The first-order valence-corrected chi connectivity index (χ1v) is 3.44. The summed E-state index contributed by atoms with van der Waals surface area (Å²) in [6.45, 7) is 0. The van der Waals surface area contributed by atoms with Crippen LogP contribution < -0.4 is 0 Å². The van der Waals surface area contributed by atoms with Crippen molar-refractivity contribution in [3.05, 3.63) is 36.8 Å². The summed E-state index contributed by atoms with van der Waals surface area (Å²) in [5.74, 6) is -0.793. The molecule has 0 amide bonds. The molecule has 0 aliphatic rings. The predicted octanol–water partition coefficient (Wildman–Crippen LogP) is 0.940. The highest BCUT2D eigenvalue weighted by molar-refractivity contribution is 5.19. The van der Waals surface area contributed by atoms with E-state index >= 15 is 0 Å². The zero-order valence-electron chi connectivity index (χ0n) is 6.35. The molecule has 13 heavy (non-hydrogen) atoms. The van der Waals surface area contributed by atoms with Crippen LogP contribution in [0.2, 0.25) is 0 Å². The van der Waals surface area contributed by atoms with Gasteiger partial charge in [-0.05, 0) is 0 Å². The molecule has 0 bridgehead atoms. The molecule has 0 radical (unpaired) electrons. The molecule has 4 nitrogen and oxygen atoms in total. The van der Waals surface area contributed by atoms with Crippen LogP contribution in [0.25, 0.3) is 5.82 Å². The van der Waals surface area contributed by atoms with Gasteiger partial charge in [0, 0.05) is 18.5 Å². The third-order valence-corrected chi connectivity index (χ3v) is 1.42. The number of halogens is 2. The summed E-state index contributed by atoms with van der Waals surface area (Å²) >= 11 is 0. The van der Waals surface area contributed by atoms with Crippen LogP contribution in [-0.4, -0.2) is 19.5 Å². The van der Waals surface area contributed by atoms with Crippen molar-refractivity contribution in [2.45, 2.75) is 0 Å². The lowest BCUT2D eigenvalue weighted by molar-refractivity contribution is 0.480. The smallest absolute Gasteiger partial charge is 0.290 e. The minimum atomic E-state index is -1.09. The SMILES string of the molecule is Fc1cc(-n2ccnc2)nc(F)n1. The number of imidazole rings is 1. The van der Waals surface area contributed by atoms with Gasteiger partial charge in [-0.25, -0.2) is 4.98 Å². The molecule has 0 unspecified atom stereocenters. The van der Waals surface area contributed by atoms with Crippen LogP contribution in [0, 0.1) is 12.0 Å². The van der Waals surface area contributed by atoms with Crippen molar-refractivity contribution in [3.63, 3.8) is 0 Å². The Morgan fingerprint density at radius 2 is 2.08 bits per heavy atom. The van der Waals surface area contributed by atoms with Gasteiger partial charge >= 0.3 is 6.08 Å². The molecule has 66 valence electrons. The quantitative estimate of drug-likeness (QED) is 0.487. The van der Waals surface area contributed by atoms with Gasteiger partial charge in [-0.1, -0.05) is 0 Å². The van der Waals surface area contributed by atoms with Crippen molar-refractivity contribution in [1.29, 1.82) is 0 Å². The average Bonchev–Trinajstić information content (AvgIpc) is 2.53. The Kier molecular flexibility index (Phi) is 1.73. The van der Waals surface area contributed by atoms with Gasteiger partial charge in [0.25, 0.3) is 0 Å². The van der Waals surface area contributed by atoms with Crippen LogP contribution in [0.15, 0.2) is 24.8 Å². The lowest BCUT2D eigenvalue weighted by Crippen LogP contribution is -2.01. The normalized spacial score (nSPS) is 10.3. The van der Waals surface area contributed by atoms with Gasteiger partial charge < -0.3 is 0 Å². The summed E-state index contributed by atoms with van der Waals surface area (Å²) in [5.41, 5.74) is 0. The zero-order valence-corrected chi connectivity index (χ0v) is 6.35. The van der Waals surface area contributed by atoms with Crippen LogP contribution in [0.1, 0.15) is 0 Å². The molecule has 0 aromatic carbocycles. The number of rotatable bonds is 1. The van der Waals surface area contributed by atoms with Gasteiger partial charge in [-0.2, -0.15) is 18.7 Å². The molecule has 0 aliphatic heterocycles. The molecule has 0 spiro atoms. The van der Waals surface area contributed by atoms with E-state index in [9.17, 15) is 8.78 Å². The minimum absolute atomic E-state index is 0.113. The summed E-state index contributed by atoms with van der Waals surface area (Å²) in [4.78, 5) is 9.96. The fraction of sp³-hybridized carbons (Fsp3) is 0. The Hall–Kier alpha value is -1.85. The number of aromatic nitrogens is 4. The molecule has 2 aromatic heterocycles. The molecule has 0 fully saturated rings. The van der Waals surface area contributed by atoms with Crippen molar-refractivity contribution in [2.24, 2.45) is 0 Å². The van der Waals surface area contributed by atoms with E-state index in [-0.39, 0.29) is 5.82 Å². The zero-order chi connectivity index (χ0) is 9.26. The number of hydrogen-bond acceptors (Lipinski definition) is 3. The topological polar surface area (TPSA) is 43.6 Å². The van der Waals surface area contributed by atoms with Gasteiger partial charge in [0.1, 0.15) is 12.1 Å². The highest BCUT2D eigenvalue weighted by atomic mass is 19.1. The van der Waals surface area contributed by atoms with Crippen LogP contribution in [-0.2, 0) is 0 Å². The molecular formula is C7H4F2N4. The Morgan fingerprint density at radius 3 is 2.69 bits per heavy atom. The van der Waals surface area contributed by atoms with Crippen molar-refractivity contribution in [1.82, 2.24) is 19.5 Å². The first-order chi connectivity index (χ1) is 6.25. The van der Waals surface area contributed by atoms with E-state index in [1.165, 1.54) is 23.3 Å². The van der Waals surface area contributed by atoms with Crippen LogP contribution in [0.4, 0.5) is 8.78 Å². The second kappa shape index (κ2) is 2.89. The minimum Gasteiger partial charge on any atom is -0.290 e. The fourth-order valence-electron chi connectivity index (χ4n) is 0.906. The molecule has 0 N–H and O–H groups in total. The highest BCUT2D eigenvalue weighted by Crippen LogP contribution is 2.04. The second-order valence-corrected chi connectivity index (χ2v) is 2.29. The van der Waals surface area contributed by atoms with Crippen LogP contribution >= 0.6 is 0 Å². The second-order valence-electron chi connectivity index (χ2n) is 2.29. The monoisotopic (exact) mass is 182 g/mol. The van der Waals surface area contributed by atoms with Crippen LogP contribution in [0.3, 0.4) is 0 Å². The summed E-state index contributed by atoms with van der Waals surface area (Å²) in [7, 11) is 0. The largest absolute Gasteiger partial charge is 0.313 e. The predicted molar refractivity (Wildman–Crippen MR) is 39.1 cm³/mol. The molecule has 6 heteroatoms. The molecule has 2 heterocycles. The standard InChI is InChI=1S/C7H4F2N4/c8-5-3-6(12-7(9)11-5)13-2-1-10-4-13/h1-4H. The Labute approximate surface area is 71.9 Å². The van der Waals surface area contributed by atoms with Gasteiger partial charge in [0.15, 0.2) is 0 Å². The third kappa shape index (κ3) is 1.51. The molecule has 0 saturated heterocycles. The first-order valence-electron chi connectivity index (χ1n) is 3.44. The number of nitrogens with zero attached hydrogens (tertiary/aromatic N) is 4. The maximum absolute atomic E-state index is 12.6. The average molecular weight is 182 g/mol. The van der Waals surface area contributed by atoms with Crippen LogP contribution in [0.5, 0.6) is 0 Å². The highest BCUT2D eigenvalue weighted by Gasteiger charge is 2.04. The van der Waals surface area contributed by atoms with E-state index in [4.69, 9.17) is 0 Å². The lowest BCUT2D eigenvalue weighted by Gasteiger charge is -1.99. The van der Waals surface area contributed by atoms with E-state index in [0.29, 0.717) is 0 Å². The maximum Gasteiger partial charge on any atom is 0.313 e. The molecule has 2 rings (SSSR count). The Morgan fingerprint density at radius 1 is 1.23 bits per heavy atom. The van der Waals surface area contributed by atoms with Crippen molar-refractivity contribution in [3.8, 4) is 5.82 Å². The molecule has 2 aromatic rings. The summed E-state index contributed by atoms with van der Waals surface area (Å²) in [6, 6.07) is 1.02. The number of hydrogen-bond donors (Lipinski definition) is 0. The van der Waals surface area contributed by atoms with E-state index in [2.05, 4.69) is 15.0 Å². The molecular weight excluding hydrogens is 178 g/mol. The lowest BCUT2D eigenvalue weighted by atomic mass is 10.5. The third-order valence-electron chi connectivity index (χ3n) is 1.42. The van der Waals surface area contributed by atoms with E-state index in [0.717, 1.165) is 6.07 Å². The molecule has 0 atom stereocenters. The summed E-state index contributed by atoms with van der Waals surface area (Å²) in [6.07, 6.45) is 3.31. The van der Waals surface area contributed by atoms with Gasteiger partial charge in [-0.15, -0.1) is 0 Å². The maximum atomic E-state index is 12.6. The summed E-state index contributed by atoms with van der Waals surface area (Å²) < 4.78 is 26.5. The first kappa shape index (κ1) is 7.78. The molecule has 0 aliphatic carbocycles.